The fourth-order valence-corrected chi connectivity index (χ4v) is 8.72. The number of benzene rings is 8. The standard InChI is InChI=1S/C50H29N5/c51-30-32-21-24-49-42(26-32)40-14-4-8-19-47(40)55(49)50-27-33(31-52)20-23-37(50)34-10-9-11-35(28-34)53-46-18-7-3-15-41(46)43-29-36(22-25-48(43)53)54-44-16-5-1-12-38(44)39-13-2-6-17-45(39)54/h1-29H. The molecule has 0 atom stereocenters. The Morgan fingerprint density at radius 3 is 1.40 bits per heavy atom. The van der Waals surface area contributed by atoms with Crippen LogP contribution in [-0.2, 0) is 0 Å². The first-order chi connectivity index (χ1) is 27.2. The smallest absolute Gasteiger partial charge is 0.0992 e. The molecule has 0 saturated carbocycles. The van der Waals surface area contributed by atoms with E-state index in [-0.39, 0.29) is 0 Å². The molecule has 0 aliphatic heterocycles. The highest BCUT2D eigenvalue weighted by Crippen LogP contribution is 2.40. The Balaban J connectivity index is 1.12. The van der Waals surface area contributed by atoms with Crippen LogP contribution >= 0.6 is 0 Å². The summed E-state index contributed by atoms with van der Waals surface area (Å²) in [5.74, 6) is 0. The monoisotopic (exact) mass is 699 g/mol. The number of fused-ring (bicyclic) bond motifs is 9. The molecule has 0 N–H and O–H groups in total. The van der Waals surface area contributed by atoms with Gasteiger partial charge in [0.05, 0.1) is 62.1 Å². The predicted octanol–water partition coefficient (Wildman–Crippen LogP) is 12.4. The summed E-state index contributed by atoms with van der Waals surface area (Å²) >= 11 is 0. The van der Waals surface area contributed by atoms with E-state index in [1.54, 1.807) is 0 Å². The van der Waals surface area contributed by atoms with Crippen molar-refractivity contribution in [3.8, 4) is 40.3 Å². The van der Waals surface area contributed by atoms with Crippen LogP contribution in [0, 0.1) is 22.7 Å². The van der Waals surface area contributed by atoms with Gasteiger partial charge in [-0.25, -0.2) is 0 Å². The minimum Gasteiger partial charge on any atom is -0.309 e. The molecule has 8 aromatic carbocycles. The average Bonchev–Trinajstić information content (AvgIpc) is 3.88. The van der Waals surface area contributed by atoms with Crippen molar-refractivity contribution in [2.45, 2.75) is 0 Å². The lowest BCUT2D eigenvalue weighted by atomic mass is 10.0. The molecule has 0 bridgehead atoms. The number of nitrogens with zero attached hydrogens (tertiary/aromatic N) is 5. The molecular weight excluding hydrogens is 671 g/mol. The number of para-hydroxylation sites is 4. The third-order valence-corrected chi connectivity index (χ3v) is 11.1. The van der Waals surface area contributed by atoms with Gasteiger partial charge in [0.15, 0.2) is 0 Å². The Kier molecular flexibility index (Phi) is 6.61. The number of rotatable bonds is 4. The van der Waals surface area contributed by atoms with Gasteiger partial charge in [-0.15, -0.1) is 0 Å². The fourth-order valence-electron chi connectivity index (χ4n) is 8.72. The van der Waals surface area contributed by atoms with Crippen LogP contribution in [0.3, 0.4) is 0 Å². The first-order valence-corrected chi connectivity index (χ1v) is 18.3. The number of hydrogen-bond acceptors (Lipinski definition) is 2. The van der Waals surface area contributed by atoms with Crippen molar-refractivity contribution in [1.29, 1.82) is 10.5 Å². The van der Waals surface area contributed by atoms with Crippen LogP contribution in [0.2, 0.25) is 0 Å². The Hall–Kier alpha value is -7.86. The quantitative estimate of drug-likeness (QED) is 0.184. The highest BCUT2D eigenvalue weighted by molar-refractivity contribution is 6.13. The summed E-state index contributed by atoms with van der Waals surface area (Å²) in [6, 6.07) is 66.1. The largest absolute Gasteiger partial charge is 0.309 e. The SMILES string of the molecule is N#Cc1ccc(-c2cccc(-n3c4ccccc4c4cc(-n5c6ccccc6c6ccccc65)ccc43)c2)c(-n2c3ccccc3c3cc(C#N)ccc32)c1. The van der Waals surface area contributed by atoms with Gasteiger partial charge in [-0.3, -0.25) is 0 Å². The lowest BCUT2D eigenvalue weighted by Crippen LogP contribution is -1.99. The van der Waals surface area contributed by atoms with Crippen LogP contribution in [0.4, 0.5) is 0 Å². The van der Waals surface area contributed by atoms with Gasteiger partial charge in [-0.2, -0.15) is 10.5 Å². The molecule has 11 aromatic rings. The van der Waals surface area contributed by atoms with Crippen molar-refractivity contribution in [2.75, 3.05) is 0 Å². The van der Waals surface area contributed by atoms with E-state index in [4.69, 9.17) is 0 Å². The van der Waals surface area contributed by atoms with Crippen molar-refractivity contribution in [3.05, 3.63) is 187 Å². The van der Waals surface area contributed by atoms with Crippen LogP contribution in [-0.4, -0.2) is 13.7 Å². The van der Waals surface area contributed by atoms with Crippen LogP contribution in [0.5, 0.6) is 0 Å². The maximum Gasteiger partial charge on any atom is 0.0992 e. The van der Waals surface area contributed by atoms with Crippen molar-refractivity contribution >= 4 is 65.4 Å². The van der Waals surface area contributed by atoms with Crippen LogP contribution in [0.1, 0.15) is 11.1 Å². The summed E-state index contributed by atoms with van der Waals surface area (Å²) in [4.78, 5) is 0. The highest BCUT2D eigenvalue weighted by atomic mass is 15.0. The van der Waals surface area contributed by atoms with Gasteiger partial charge in [0.1, 0.15) is 0 Å². The lowest BCUT2D eigenvalue weighted by Gasteiger charge is -2.16. The number of aromatic nitrogens is 3. The van der Waals surface area contributed by atoms with Crippen LogP contribution in [0.15, 0.2) is 176 Å². The second-order valence-corrected chi connectivity index (χ2v) is 14.0. The van der Waals surface area contributed by atoms with Crippen LogP contribution in [0.25, 0.3) is 93.6 Å². The highest BCUT2D eigenvalue weighted by Gasteiger charge is 2.19. The van der Waals surface area contributed by atoms with Gasteiger partial charge in [-0.05, 0) is 90.5 Å². The first-order valence-electron chi connectivity index (χ1n) is 18.3. The van der Waals surface area contributed by atoms with E-state index in [1.165, 1.54) is 32.6 Å². The second-order valence-electron chi connectivity index (χ2n) is 14.0. The molecule has 0 aliphatic carbocycles. The van der Waals surface area contributed by atoms with E-state index in [9.17, 15) is 10.5 Å². The van der Waals surface area contributed by atoms with Gasteiger partial charge >= 0.3 is 0 Å². The van der Waals surface area contributed by atoms with E-state index in [2.05, 4.69) is 159 Å². The van der Waals surface area contributed by atoms with Gasteiger partial charge in [0.25, 0.3) is 0 Å². The zero-order valence-electron chi connectivity index (χ0n) is 29.5. The van der Waals surface area contributed by atoms with Gasteiger partial charge in [-0.1, -0.05) is 91.0 Å². The zero-order valence-corrected chi connectivity index (χ0v) is 29.5. The minimum absolute atomic E-state index is 0.580. The van der Waals surface area contributed by atoms with E-state index < -0.39 is 0 Å². The molecule has 11 rings (SSSR count). The van der Waals surface area contributed by atoms with Crippen molar-refractivity contribution in [2.24, 2.45) is 0 Å². The van der Waals surface area contributed by atoms with Crippen molar-refractivity contribution < 1.29 is 0 Å². The Labute approximate surface area is 316 Å². The maximum absolute atomic E-state index is 10.1. The summed E-state index contributed by atoms with van der Waals surface area (Å²) in [5.41, 5.74) is 12.9. The average molecular weight is 700 g/mol. The number of hydrogen-bond donors (Lipinski definition) is 0. The topological polar surface area (TPSA) is 62.4 Å². The Bertz CT molecular complexity index is 3420. The summed E-state index contributed by atoms with van der Waals surface area (Å²) in [7, 11) is 0. The molecule has 0 amide bonds. The molecule has 5 nitrogen and oxygen atoms in total. The van der Waals surface area contributed by atoms with Crippen molar-refractivity contribution in [1.82, 2.24) is 13.7 Å². The van der Waals surface area contributed by atoms with Crippen molar-refractivity contribution in [3.63, 3.8) is 0 Å². The summed E-state index contributed by atoms with van der Waals surface area (Å²) in [5, 5.41) is 26.7. The number of nitriles is 2. The fraction of sp³-hybridized carbons (Fsp3) is 0. The summed E-state index contributed by atoms with van der Waals surface area (Å²) in [6.45, 7) is 0. The van der Waals surface area contributed by atoms with E-state index in [1.807, 2.05) is 42.5 Å². The zero-order chi connectivity index (χ0) is 36.6. The maximum atomic E-state index is 10.1. The van der Waals surface area contributed by atoms with Gasteiger partial charge < -0.3 is 13.7 Å². The molecule has 0 aliphatic rings. The molecule has 0 spiro atoms. The van der Waals surface area contributed by atoms with E-state index in [0.29, 0.717) is 11.1 Å². The van der Waals surface area contributed by atoms with Crippen LogP contribution < -0.4 is 0 Å². The lowest BCUT2D eigenvalue weighted by molar-refractivity contribution is 1.16. The van der Waals surface area contributed by atoms with Gasteiger partial charge in [0, 0.05) is 49.3 Å². The molecule has 254 valence electrons. The van der Waals surface area contributed by atoms with E-state index in [0.717, 1.165) is 61.0 Å². The van der Waals surface area contributed by atoms with Gasteiger partial charge in [0.2, 0.25) is 0 Å². The first kappa shape index (κ1) is 30.7. The molecule has 3 heterocycles. The molecule has 0 unspecified atom stereocenters. The van der Waals surface area contributed by atoms with E-state index >= 15 is 0 Å². The molecule has 0 radical (unpaired) electrons. The third kappa shape index (κ3) is 4.51. The molecule has 3 aromatic heterocycles. The molecule has 0 fully saturated rings. The normalized spacial score (nSPS) is 11.6. The molecule has 5 heteroatoms. The molecular formula is C50H29N5. The third-order valence-electron chi connectivity index (χ3n) is 11.1. The minimum atomic E-state index is 0.580. The summed E-state index contributed by atoms with van der Waals surface area (Å²) in [6.07, 6.45) is 0. The second kappa shape index (κ2) is 11.8. The predicted molar refractivity (Wildman–Crippen MR) is 224 cm³/mol. The molecule has 0 saturated heterocycles. The molecule has 55 heavy (non-hydrogen) atoms. The Morgan fingerprint density at radius 2 is 0.782 bits per heavy atom. The summed E-state index contributed by atoms with van der Waals surface area (Å²) < 4.78 is 6.96. The Morgan fingerprint density at radius 1 is 0.327 bits per heavy atom.